The summed E-state index contributed by atoms with van der Waals surface area (Å²) < 4.78 is 1.77. The van der Waals surface area contributed by atoms with E-state index in [9.17, 15) is 9.59 Å². The van der Waals surface area contributed by atoms with Crippen LogP contribution in [0.25, 0.3) is 0 Å². The number of amides is 2. The van der Waals surface area contributed by atoms with Crippen molar-refractivity contribution >= 4 is 29.1 Å². The number of aromatic nitrogens is 2. The average Bonchev–Trinajstić information content (AvgIpc) is 3.06. The Labute approximate surface area is 163 Å². The molecule has 1 aromatic carbocycles. The van der Waals surface area contributed by atoms with Crippen molar-refractivity contribution in [2.75, 3.05) is 32.5 Å². The molecule has 2 heterocycles. The summed E-state index contributed by atoms with van der Waals surface area (Å²) in [4.78, 5) is 28.8. The van der Waals surface area contributed by atoms with Crippen molar-refractivity contribution in [2.24, 2.45) is 0 Å². The molecular weight excluding hydrogens is 366 g/mol. The van der Waals surface area contributed by atoms with Gasteiger partial charge in [-0.05, 0) is 26.2 Å². The Kier molecular flexibility index (Phi) is 5.93. The van der Waals surface area contributed by atoms with Crippen LogP contribution < -0.4 is 5.32 Å². The Morgan fingerprint density at radius 3 is 2.81 bits per heavy atom. The van der Waals surface area contributed by atoms with Crippen LogP contribution in [0.5, 0.6) is 0 Å². The minimum Gasteiger partial charge on any atom is -0.331 e. The molecule has 27 heavy (non-hydrogen) atoms. The molecule has 0 saturated carbocycles. The second-order valence-corrected chi connectivity index (χ2v) is 6.99. The third kappa shape index (κ3) is 4.56. The molecule has 8 heteroatoms. The molecule has 0 saturated heterocycles. The molecule has 0 atom stereocenters. The summed E-state index contributed by atoms with van der Waals surface area (Å²) in [6.45, 7) is 2.16. The van der Waals surface area contributed by atoms with E-state index in [2.05, 4.69) is 10.4 Å². The topological polar surface area (TPSA) is 70.5 Å². The van der Waals surface area contributed by atoms with E-state index < -0.39 is 0 Å². The lowest BCUT2D eigenvalue weighted by atomic mass is 10.1. The van der Waals surface area contributed by atoms with Crippen LogP contribution in [0.3, 0.4) is 0 Å². The number of benzene rings is 1. The number of nitrogens with one attached hydrogen (secondary N) is 1. The van der Waals surface area contributed by atoms with Gasteiger partial charge in [-0.1, -0.05) is 29.8 Å². The monoisotopic (exact) mass is 387 g/mol. The largest absolute Gasteiger partial charge is 0.331 e. The quantitative estimate of drug-likeness (QED) is 0.799. The fraction of sp³-hybridized carbons (Fsp3) is 0.316. The van der Waals surface area contributed by atoms with Gasteiger partial charge in [-0.15, -0.1) is 0 Å². The smallest absolute Gasteiger partial charge is 0.259 e. The molecule has 2 amide bonds. The molecular formula is C19H22ClN5O2. The molecule has 142 valence electrons. The first-order valence-corrected chi connectivity index (χ1v) is 9.04. The highest BCUT2D eigenvalue weighted by Gasteiger charge is 2.25. The molecule has 1 aromatic heterocycles. The maximum atomic E-state index is 12.7. The molecule has 7 nitrogen and oxygen atoms in total. The SMILES string of the molecule is CN(C)C/C=C/C(=O)N1CCn2ncc(C(=O)Nc3ccccc3Cl)c2C1. The first kappa shape index (κ1) is 19.1. The fourth-order valence-electron chi connectivity index (χ4n) is 2.85. The zero-order valence-electron chi connectivity index (χ0n) is 15.4. The molecule has 3 rings (SSSR count). The minimum absolute atomic E-state index is 0.0678. The number of fused-ring (bicyclic) bond motifs is 1. The minimum atomic E-state index is -0.290. The predicted molar refractivity (Wildman–Crippen MR) is 105 cm³/mol. The van der Waals surface area contributed by atoms with Crippen LogP contribution in [0.4, 0.5) is 5.69 Å². The number of rotatable bonds is 5. The number of anilines is 1. The van der Waals surface area contributed by atoms with Crippen LogP contribution in [0.1, 0.15) is 16.1 Å². The lowest BCUT2D eigenvalue weighted by molar-refractivity contribution is -0.127. The van der Waals surface area contributed by atoms with Crippen molar-refractivity contribution in [3.63, 3.8) is 0 Å². The maximum absolute atomic E-state index is 12.7. The van der Waals surface area contributed by atoms with Gasteiger partial charge in [0.1, 0.15) is 0 Å². The van der Waals surface area contributed by atoms with Crippen LogP contribution >= 0.6 is 11.6 Å². The van der Waals surface area contributed by atoms with Crippen molar-refractivity contribution < 1.29 is 9.59 Å². The summed E-state index contributed by atoms with van der Waals surface area (Å²) in [6.07, 6.45) is 4.95. The van der Waals surface area contributed by atoms with Crippen LogP contribution in [0.2, 0.25) is 5.02 Å². The van der Waals surface area contributed by atoms with E-state index >= 15 is 0 Å². The van der Waals surface area contributed by atoms with Gasteiger partial charge < -0.3 is 15.1 Å². The number of hydrogen-bond acceptors (Lipinski definition) is 4. The van der Waals surface area contributed by atoms with Crippen molar-refractivity contribution in [1.29, 1.82) is 0 Å². The van der Waals surface area contributed by atoms with E-state index in [-0.39, 0.29) is 11.8 Å². The number of carbonyl (C=O) groups excluding carboxylic acids is 2. The highest BCUT2D eigenvalue weighted by Crippen LogP contribution is 2.23. The van der Waals surface area contributed by atoms with Gasteiger partial charge >= 0.3 is 0 Å². The van der Waals surface area contributed by atoms with Gasteiger partial charge in [-0.2, -0.15) is 5.10 Å². The summed E-state index contributed by atoms with van der Waals surface area (Å²) in [7, 11) is 3.89. The van der Waals surface area contributed by atoms with E-state index in [1.165, 1.54) is 6.20 Å². The number of nitrogens with zero attached hydrogens (tertiary/aromatic N) is 4. The third-order valence-electron chi connectivity index (χ3n) is 4.28. The van der Waals surface area contributed by atoms with E-state index in [1.807, 2.05) is 25.1 Å². The standard InChI is InChI=1S/C19H22ClN5O2/c1-23(2)9-5-8-18(26)24-10-11-25-17(13-24)14(12-21-25)19(27)22-16-7-4-3-6-15(16)20/h3-8,12H,9-11,13H2,1-2H3,(H,22,27)/b8-5+. The molecule has 0 bridgehead atoms. The molecule has 0 radical (unpaired) electrons. The third-order valence-corrected chi connectivity index (χ3v) is 4.61. The number of para-hydroxylation sites is 1. The molecule has 2 aromatic rings. The van der Waals surface area contributed by atoms with Gasteiger partial charge in [-0.3, -0.25) is 14.3 Å². The first-order valence-electron chi connectivity index (χ1n) is 8.66. The van der Waals surface area contributed by atoms with E-state index in [0.717, 1.165) is 5.69 Å². The Hall–Kier alpha value is -2.64. The molecule has 0 spiro atoms. The summed E-state index contributed by atoms with van der Waals surface area (Å²) >= 11 is 6.11. The van der Waals surface area contributed by atoms with Crippen LogP contribution in [-0.4, -0.2) is 58.6 Å². The first-order chi connectivity index (χ1) is 13.0. The van der Waals surface area contributed by atoms with E-state index in [4.69, 9.17) is 11.6 Å². The summed E-state index contributed by atoms with van der Waals surface area (Å²) in [5.74, 6) is -0.358. The normalized spacial score (nSPS) is 13.9. The molecule has 0 unspecified atom stereocenters. The number of halogens is 1. The molecule has 1 aliphatic heterocycles. The lowest BCUT2D eigenvalue weighted by Crippen LogP contribution is -2.38. The lowest BCUT2D eigenvalue weighted by Gasteiger charge is -2.27. The Morgan fingerprint density at radius 1 is 1.30 bits per heavy atom. The maximum Gasteiger partial charge on any atom is 0.259 e. The van der Waals surface area contributed by atoms with Crippen molar-refractivity contribution in [1.82, 2.24) is 19.6 Å². The van der Waals surface area contributed by atoms with Crippen LogP contribution in [0, 0.1) is 0 Å². The van der Waals surface area contributed by atoms with Crippen molar-refractivity contribution in [2.45, 2.75) is 13.1 Å². The molecule has 0 aliphatic carbocycles. The van der Waals surface area contributed by atoms with E-state index in [0.29, 0.717) is 42.5 Å². The Balaban J connectivity index is 1.72. The van der Waals surface area contributed by atoms with Gasteiger partial charge in [0.2, 0.25) is 5.91 Å². The average molecular weight is 388 g/mol. The second kappa shape index (κ2) is 8.37. The molecule has 0 fully saturated rings. The predicted octanol–water partition coefficient (Wildman–Crippen LogP) is 2.25. The Morgan fingerprint density at radius 2 is 2.07 bits per heavy atom. The highest BCUT2D eigenvalue weighted by atomic mass is 35.5. The fourth-order valence-corrected chi connectivity index (χ4v) is 3.03. The summed E-state index contributed by atoms with van der Waals surface area (Å²) in [6, 6.07) is 7.05. The number of carbonyl (C=O) groups is 2. The molecule has 1 N–H and O–H groups in total. The zero-order chi connectivity index (χ0) is 19.4. The van der Waals surface area contributed by atoms with Crippen molar-refractivity contribution in [3.8, 4) is 0 Å². The summed E-state index contributed by atoms with van der Waals surface area (Å²) in [5, 5.41) is 7.55. The van der Waals surface area contributed by atoms with Gasteiger partial charge in [0, 0.05) is 19.2 Å². The second-order valence-electron chi connectivity index (χ2n) is 6.59. The Bertz CT molecular complexity index is 875. The van der Waals surface area contributed by atoms with Gasteiger partial charge in [0.15, 0.2) is 0 Å². The summed E-state index contributed by atoms with van der Waals surface area (Å²) in [5.41, 5.74) is 1.71. The van der Waals surface area contributed by atoms with Crippen LogP contribution in [-0.2, 0) is 17.9 Å². The molecule has 1 aliphatic rings. The highest BCUT2D eigenvalue weighted by molar-refractivity contribution is 6.33. The van der Waals surface area contributed by atoms with Gasteiger partial charge in [0.05, 0.1) is 41.3 Å². The van der Waals surface area contributed by atoms with E-state index in [1.54, 1.807) is 39.9 Å². The number of likely N-dealkylation sites (N-methyl/N-ethyl adjacent to an activating group) is 1. The number of hydrogen-bond donors (Lipinski definition) is 1. The van der Waals surface area contributed by atoms with Crippen LogP contribution in [0.15, 0.2) is 42.6 Å². The van der Waals surface area contributed by atoms with Gasteiger partial charge in [-0.25, -0.2) is 0 Å². The van der Waals surface area contributed by atoms with Crippen molar-refractivity contribution in [3.05, 3.63) is 58.9 Å². The van der Waals surface area contributed by atoms with Gasteiger partial charge in [0.25, 0.3) is 5.91 Å². The zero-order valence-corrected chi connectivity index (χ0v) is 16.1.